The minimum atomic E-state index is -3.94. The molecule has 0 fully saturated rings. The van der Waals surface area contributed by atoms with Gasteiger partial charge in [0, 0.05) is 0 Å². The van der Waals surface area contributed by atoms with Crippen LogP contribution in [-0.2, 0) is 68.2 Å². The molecule has 0 radical (unpaired) electrons. The van der Waals surface area contributed by atoms with E-state index < -0.39 is 46.2 Å². The predicted octanol–water partition coefficient (Wildman–Crippen LogP) is -13.3. The fourth-order valence-corrected chi connectivity index (χ4v) is 0. The van der Waals surface area contributed by atoms with Crippen LogP contribution >= 0.6 is 0 Å². The van der Waals surface area contributed by atoms with Gasteiger partial charge in [0.15, 0.2) is 0 Å². The molecule has 15 heavy (non-hydrogen) atoms. The molecule has 72 valence electrons. The third-order valence-electron chi connectivity index (χ3n) is 0. The Kier molecular flexibility index (Phi) is 78.0. The first kappa shape index (κ1) is 37.0. The van der Waals surface area contributed by atoms with Crippen molar-refractivity contribution in [1.82, 2.24) is 0 Å². The van der Waals surface area contributed by atoms with Gasteiger partial charge in [0.1, 0.15) is 0 Å². The summed E-state index contributed by atoms with van der Waals surface area (Å²) in [5, 5.41) is 0. The summed E-state index contributed by atoms with van der Waals surface area (Å²) >= 11 is -11.8. The van der Waals surface area contributed by atoms with Gasteiger partial charge >= 0.3 is 234 Å². The van der Waals surface area contributed by atoms with E-state index >= 15 is 0 Å². The second-order valence-corrected chi connectivity index (χ2v) is 2.77. The van der Waals surface area contributed by atoms with Gasteiger partial charge in [0.05, 0.1) is 0 Å². The van der Waals surface area contributed by atoms with E-state index in [2.05, 4.69) is 0 Å². The summed E-state index contributed by atoms with van der Waals surface area (Å²) in [5.41, 5.74) is 0. The monoisotopic (exact) mass is 414 g/mol. The molecule has 0 atom stereocenters. The second kappa shape index (κ2) is 31.6. The van der Waals surface area contributed by atoms with Crippen molar-refractivity contribution in [2.75, 3.05) is 0 Å². The molecular weight excluding hydrogens is 414 g/mol. The van der Waals surface area contributed by atoms with Crippen LogP contribution in [0.15, 0.2) is 0 Å². The van der Waals surface area contributed by atoms with Gasteiger partial charge in [0.2, 0.25) is 0 Å². The van der Waals surface area contributed by atoms with Crippen LogP contribution in [-0.4, -0.2) is 0 Å². The quantitative estimate of drug-likeness (QED) is 0.349. The zero-order chi connectivity index (χ0) is 10.7. The van der Waals surface area contributed by atoms with E-state index in [1.807, 2.05) is 0 Å². The standard InChI is InChI=1S/3K.9O.3V/q3*+1;;;;;;;3*-1;;;. The normalized spacial score (nSPS) is 5.00. The molecule has 0 amide bonds. The van der Waals surface area contributed by atoms with Gasteiger partial charge in [0.25, 0.3) is 0 Å². The van der Waals surface area contributed by atoms with E-state index in [1.165, 1.54) is 0 Å². The molecule has 0 spiro atoms. The average molecular weight is 414 g/mol. The van der Waals surface area contributed by atoms with E-state index in [9.17, 15) is 0 Å². The summed E-state index contributed by atoms with van der Waals surface area (Å²) in [4.78, 5) is 0. The average Bonchev–Trinajstić information content (AvgIpc) is 1.54. The Morgan fingerprint density at radius 1 is 0.467 bits per heavy atom. The fourth-order valence-electron chi connectivity index (χ4n) is 0. The van der Waals surface area contributed by atoms with Crippen LogP contribution in [0.5, 0.6) is 0 Å². The summed E-state index contributed by atoms with van der Waals surface area (Å²) in [6, 6.07) is 0. The Hall–Kier alpha value is 5.34. The Balaban J connectivity index is -0.0000000184. The third-order valence-corrected chi connectivity index (χ3v) is 0. The van der Waals surface area contributed by atoms with Crippen molar-refractivity contribution in [3.63, 3.8) is 0 Å². The first-order valence-corrected chi connectivity index (χ1v) is 6.77. The molecule has 0 N–H and O–H groups in total. The van der Waals surface area contributed by atoms with Crippen molar-refractivity contribution in [2.24, 2.45) is 0 Å². The molecule has 0 aromatic heterocycles. The fraction of sp³-hybridized carbons (Fsp3) is 0. The van der Waals surface area contributed by atoms with Crippen LogP contribution < -0.4 is 166 Å². The van der Waals surface area contributed by atoms with Crippen molar-refractivity contribution >= 4 is 0 Å². The van der Waals surface area contributed by atoms with Crippen LogP contribution in [0.25, 0.3) is 0 Å². The molecule has 0 unspecified atom stereocenters. The molecule has 0 bridgehead atoms. The van der Waals surface area contributed by atoms with Crippen molar-refractivity contribution in [3.8, 4) is 0 Å². The van der Waals surface area contributed by atoms with Crippen molar-refractivity contribution in [2.45, 2.75) is 0 Å². The van der Waals surface area contributed by atoms with Crippen LogP contribution in [0.3, 0.4) is 0 Å². The van der Waals surface area contributed by atoms with E-state index in [1.54, 1.807) is 0 Å². The molecule has 0 saturated heterocycles. The molecule has 9 nitrogen and oxygen atoms in total. The van der Waals surface area contributed by atoms with Crippen LogP contribution in [0.1, 0.15) is 0 Å². The first-order chi connectivity index (χ1) is 5.20. The molecule has 0 aromatic carbocycles. The second-order valence-electron chi connectivity index (χ2n) is 0.671. The van der Waals surface area contributed by atoms with Gasteiger partial charge in [-0.3, -0.25) is 0 Å². The Labute approximate surface area is 227 Å². The van der Waals surface area contributed by atoms with Gasteiger partial charge in [-0.2, -0.15) is 0 Å². The van der Waals surface area contributed by atoms with E-state index in [0.717, 1.165) is 0 Å². The minimum absolute atomic E-state index is 0. The SMILES string of the molecule is [K+].[K+].[K+].[O]=[V](=[O])[O-].[O]=[V](=[O])[O-].[O]=[V](=[O])[O-]. The summed E-state index contributed by atoms with van der Waals surface area (Å²) in [5.74, 6) is 0. The van der Waals surface area contributed by atoms with Crippen LogP contribution in [0, 0.1) is 0 Å². The van der Waals surface area contributed by atoms with E-state index in [0.29, 0.717) is 0 Å². The van der Waals surface area contributed by atoms with Gasteiger partial charge in [-0.25, -0.2) is 0 Å². The van der Waals surface area contributed by atoms with Gasteiger partial charge in [-0.15, -0.1) is 0 Å². The molecule has 0 rings (SSSR count). The Morgan fingerprint density at radius 2 is 0.467 bits per heavy atom. The predicted molar refractivity (Wildman–Crippen MR) is 4.12 cm³/mol. The number of hydrogen-bond donors (Lipinski definition) is 0. The van der Waals surface area contributed by atoms with Crippen molar-refractivity contribution < 1.29 is 234 Å². The summed E-state index contributed by atoms with van der Waals surface area (Å²) in [6.45, 7) is 0. The zero-order valence-corrected chi connectivity index (χ0v) is 21.6. The molecular formula is K3O9V3. The van der Waals surface area contributed by atoms with Gasteiger partial charge in [-0.05, 0) is 0 Å². The summed E-state index contributed by atoms with van der Waals surface area (Å²) in [7, 11) is 0. The maximum atomic E-state index is 8.56. The summed E-state index contributed by atoms with van der Waals surface area (Å²) in [6.07, 6.45) is 0. The van der Waals surface area contributed by atoms with E-state index in [4.69, 9.17) is 34.1 Å². The maximum absolute atomic E-state index is 8.56. The van der Waals surface area contributed by atoms with Crippen molar-refractivity contribution in [1.29, 1.82) is 0 Å². The van der Waals surface area contributed by atoms with E-state index in [-0.39, 0.29) is 154 Å². The molecule has 0 heterocycles. The molecule has 0 aliphatic heterocycles. The van der Waals surface area contributed by atoms with Crippen LogP contribution in [0.4, 0.5) is 0 Å². The summed E-state index contributed by atoms with van der Waals surface area (Å²) < 4.78 is 77.1. The molecule has 0 aliphatic rings. The molecule has 0 saturated carbocycles. The topological polar surface area (TPSA) is 172 Å². The van der Waals surface area contributed by atoms with Crippen molar-refractivity contribution in [3.05, 3.63) is 0 Å². The van der Waals surface area contributed by atoms with Crippen LogP contribution in [0.2, 0.25) is 0 Å². The molecule has 0 aliphatic carbocycles. The number of rotatable bonds is 0. The molecule has 15 heteroatoms. The zero-order valence-electron chi connectivity index (χ0n) is 8.02. The Bertz CT molecular complexity index is 213. The molecule has 0 aromatic rings. The van der Waals surface area contributed by atoms with Gasteiger partial charge < -0.3 is 0 Å². The van der Waals surface area contributed by atoms with Gasteiger partial charge in [-0.1, -0.05) is 0 Å². The Morgan fingerprint density at radius 3 is 0.467 bits per heavy atom. The first-order valence-electron chi connectivity index (χ1n) is 1.64. The number of hydrogen-bond acceptors (Lipinski definition) is 9. The third kappa shape index (κ3) is 204.